The smallest absolute Gasteiger partial charge is 0.407 e. The van der Waals surface area contributed by atoms with E-state index in [4.69, 9.17) is 15.2 Å². The lowest BCUT2D eigenvalue weighted by molar-refractivity contribution is 0.0516. The third kappa shape index (κ3) is 17.1. The van der Waals surface area contributed by atoms with Crippen LogP contribution in [-0.2, 0) is 9.47 Å². The van der Waals surface area contributed by atoms with Gasteiger partial charge in [0, 0.05) is 18.6 Å². The van der Waals surface area contributed by atoms with Crippen molar-refractivity contribution in [1.82, 2.24) is 10.6 Å². The van der Waals surface area contributed by atoms with Crippen molar-refractivity contribution in [2.24, 2.45) is 5.73 Å². The molecule has 30 heavy (non-hydrogen) atoms. The van der Waals surface area contributed by atoms with Crippen molar-refractivity contribution in [2.45, 2.75) is 110 Å². The Balaban J connectivity index is 4.46. The van der Waals surface area contributed by atoms with Crippen LogP contribution in [0.25, 0.3) is 0 Å². The number of carbonyl (C=O) groups excluding carboxylic acids is 2. The van der Waals surface area contributed by atoms with Gasteiger partial charge in [0.25, 0.3) is 0 Å². The number of rotatable bonds is 12. The van der Waals surface area contributed by atoms with Crippen LogP contribution in [0.5, 0.6) is 0 Å². The standard InChI is InChI=1S/C23H45N3O4/c1-18(2)12-9-13-23(24,14-10-16-25-19(27)29-21(3,4)5)15-11-17-26-20(28)30-22(6,7)8/h1,9-17,24H2,2-8H3,(H,25,27)(H,26,28). The van der Waals surface area contributed by atoms with E-state index in [1.54, 1.807) is 0 Å². The number of alkyl carbamates (subject to hydrolysis) is 2. The van der Waals surface area contributed by atoms with Gasteiger partial charge in [0.1, 0.15) is 11.2 Å². The topological polar surface area (TPSA) is 103 Å². The third-order valence-corrected chi connectivity index (χ3v) is 4.32. The second-order valence-corrected chi connectivity index (χ2v) is 10.2. The Morgan fingerprint density at radius 2 is 1.17 bits per heavy atom. The van der Waals surface area contributed by atoms with Gasteiger partial charge in [-0.25, -0.2) is 9.59 Å². The zero-order valence-electron chi connectivity index (χ0n) is 20.3. The molecule has 0 aromatic heterocycles. The minimum Gasteiger partial charge on any atom is -0.444 e. The zero-order chi connectivity index (χ0) is 23.4. The summed E-state index contributed by atoms with van der Waals surface area (Å²) in [5.74, 6) is 0. The Hall–Kier alpha value is -1.76. The molecule has 4 N–H and O–H groups in total. The van der Waals surface area contributed by atoms with E-state index >= 15 is 0 Å². The largest absolute Gasteiger partial charge is 0.444 e. The Labute approximate surface area is 183 Å². The van der Waals surface area contributed by atoms with E-state index in [9.17, 15) is 9.59 Å². The van der Waals surface area contributed by atoms with Gasteiger partial charge in [0.2, 0.25) is 0 Å². The van der Waals surface area contributed by atoms with Gasteiger partial charge in [-0.05, 0) is 93.4 Å². The third-order valence-electron chi connectivity index (χ3n) is 4.32. The van der Waals surface area contributed by atoms with Crippen LogP contribution in [-0.4, -0.2) is 42.0 Å². The Morgan fingerprint density at radius 1 is 0.800 bits per heavy atom. The summed E-state index contributed by atoms with van der Waals surface area (Å²) >= 11 is 0. The number of ether oxygens (including phenoxy) is 2. The molecular weight excluding hydrogens is 382 g/mol. The fourth-order valence-electron chi connectivity index (χ4n) is 3.01. The summed E-state index contributed by atoms with van der Waals surface area (Å²) in [5.41, 5.74) is 6.49. The van der Waals surface area contributed by atoms with Crippen LogP contribution in [0, 0.1) is 0 Å². The van der Waals surface area contributed by atoms with E-state index in [-0.39, 0.29) is 5.54 Å². The van der Waals surface area contributed by atoms with Crippen molar-refractivity contribution in [3.63, 3.8) is 0 Å². The molecule has 0 spiro atoms. The molecule has 0 aliphatic carbocycles. The SMILES string of the molecule is C=C(C)CCCC(N)(CCCNC(=O)OC(C)(C)C)CCCNC(=O)OC(C)(C)C. The van der Waals surface area contributed by atoms with E-state index in [1.165, 1.54) is 0 Å². The molecule has 7 heteroatoms. The normalized spacial score (nSPS) is 12.3. The first-order valence-electron chi connectivity index (χ1n) is 11.0. The molecule has 7 nitrogen and oxygen atoms in total. The molecule has 0 aromatic carbocycles. The summed E-state index contributed by atoms with van der Waals surface area (Å²) < 4.78 is 10.5. The zero-order valence-corrected chi connectivity index (χ0v) is 20.3. The molecule has 0 rings (SSSR count). The minimum absolute atomic E-state index is 0.347. The van der Waals surface area contributed by atoms with Gasteiger partial charge in [-0.3, -0.25) is 0 Å². The summed E-state index contributed by atoms with van der Waals surface area (Å²) in [6.45, 7) is 18.0. The van der Waals surface area contributed by atoms with Gasteiger partial charge < -0.3 is 25.8 Å². The van der Waals surface area contributed by atoms with Crippen molar-refractivity contribution in [2.75, 3.05) is 13.1 Å². The van der Waals surface area contributed by atoms with E-state index in [2.05, 4.69) is 17.2 Å². The van der Waals surface area contributed by atoms with Crippen LogP contribution in [0.1, 0.15) is 93.4 Å². The maximum absolute atomic E-state index is 11.8. The fraction of sp³-hybridized carbons (Fsp3) is 0.826. The maximum atomic E-state index is 11.8. The van der Waals surface area contributed by atoms with Gasteiger partial charge in [-0.2, -0.15) is 0 Å². The second kappa shape index (κ2) is 12.8. The van der Waals surface area contributed by atoms with Gasteiger partial charge in [0.15, 0.2) is 0 Å². The van der Waals surface area contributed by atoms with E-state index < -0.39 is 23.4 Å². The molecule has 2 amide bonds. The molecule has 176 valence electrons. The highest BCUT2D eigenvalue weighted by atomic mass is 16.6. The minimum atomic E-state index is -0.509. The molecule has 0 atom stereocenters. The summed E-state index contributed by atoms with van der Waals surface area (Å²) in [4.78, 5) is 23.6. The van der Waals surface area contributed by atoms with Crippen LogP contribution in [0.4, 0.5) is 9.59 Å². The number of carbonyl (C=O) groups is 2. The highest BCUT2D eigenvalue weighted by Gasteiger charge is 2.24. The molecule has 0 radical (unpaired) electrons. The number of hydrogen-bond donors (Lipinski definition) is 3. The van der Waals surface area contributed by atoms with Crippen molar-refractivity contribution < 1.29 is 19.1 Å². The number of allylic oxidation sites excluding steroid dienone is 1. The molecule has 0 aliphatic heterocycles. The average molecular weight is 428 g/mol. The predicted molar refractivity (Wildman–Crippen MR) is 123 cm³/mol. The lowest BCUT2D eigenvalue weighted by Gasteiger charge is -2.30. The van der Waals surface area contributed by atoms with Crippen LogP contribution in [0.15, 0.2) is 12.2 Å². The van der Waals surface area contributed by atoms with E-state index in [0.717, 1.165) is 50.5 Å². The van der Waals surface area contributed by atoms with Gasteiger partial charge in [-0.15, -0.1) is 6.58 Å². The van der Waals surface area contributed by atoms with Crippen LogP contribution < -0.4 is 16.4 Å². The molecule has 0 fully saturated rings. The fourth-order valence-corrected chi connectivity index (χ4v) is 3.01. The first-order chi connectivity index (χ1) is 13.6. The highest BCUT2D eigenvalue weighted by molar-refractivity contribution is 5.67. The maximum Gasteiger partial charge on any atom is 0.407 e. The number of nitrogens with one attached hydrogen (secondary N) is 2. The first kappa shape index (κ1) is 28.2. The quantitative estimate of drug-likeness (QED) is 0.299. The average Bonchev–Trinajstić information content (AvgIpc) is 2.52. The summed E-state index contributed by atoms with van der Waals surface area (Å²) in [6, 6.07) is 0. The Kier molecular flexibility index (Phi) is 12.1. The first-order valence-corrected chi connectivity index (χ1v) is 11.0. The molecule has 0 aliphatic rings. The molecular formula is C23H45N3O4. The summed E-state index contributed by atoms with van der Waals surface area (Å²) in [5, 5.41) is 5.57. The van der Waals surface area contributed by atoms with Gasteiger partial charge >= 0.3 is 12.2 Å². The number of hydrogen-bond acceptors (Lipinski definition) is 5. The van der Waals surface area contributed by atoms with Gasteiger partial charge in [-0.1, -0.05) is 5.57 Å². The second-order valence-electron chi connectivity index (χ2n) is 10.2. The molecule has 0 bridgehead atoms. The molecule has 0 saturated carbocycles. The molecule has 0 aromatic rings. The van der Waals surface area contributed by atoms with Gasteiger partial charge in [0.05, 0.1) is 0 Å². The Bertz CT molecular complexity index is 512. The predicted octanol–water partition coefficient (Wildman–Crippen LogP) is 5.04. The summed E-state index contributed by atoms with van der Waals surface area (Å²) in [6.07, 6.45) is 5.08. The molecule has 0 unspecified atom stereocenters. The van der Waals surface area contributed by atoms with E-state index in [0.29, 0.717) is 13.1 Å². The number of nitrogens with two attached hydrogens (primary N) is 1. The van der Waals surface area contributed by atoms with Crippen molar-refractivity contribution in [3.05, 3.63) is 12.2 Å². The van der Waals surface area contributed by atoms with Crippen LogP contribution >= 0.6 is 0 Å². The molecule has 0 saturated heterocycles. The summed E-state index contributed by atoms with van der Waals surface area (Å²) in [7, 11) is 0. The van der Waals surface area contributed by atoms with Crippen LogP contribution in [0.3, 0.4) is 0 Å². The Morgan fingerprint density at radius 3 is 1.50 bits per heavy atom. The number of amides is 2. The molecule has 0 heterocycles. The lowest BCUT2D eigenvalue weighted by Crippen LogP contribution is -2.42. The monoisotopic (exact) mass is 427 g/mol. The van der Waals surface area contributed by atoms with Crippen LogP contribution in [0.2, 0.25) is 0 Å². The van der Waals surface area contributed by atoms with Crippen molar-refractivity contribution in [1.29, 1.82) is 0 Å². The highest BCUT2D eigenvalue weighted by Crippen LogP contribution is 2.24. The van der Waals surface area contributed by atoms with E-state index in [1.807, 2.05) is 48.5 Å². The van der Waals surface area contributed by atoms with Crippen molar-refractivity contribution in [3.8, 4) is 0 Å². The van der Waals surface area contributed by atoms with Crippen molar-refractivity contribution >= 4 is 12.2 Å². The lowest BCUT2D eigenvalue weighted by atomic mass is 9.84.